The second-order valence-electron chi connectivity index (χ2n) is 3.75. The van der Waals surface area contributed by atoms with Crippen molar-refractivity contribution in [2.24, 2.45) is 7.05 Å². The van der Waals surface area contributed by atoms with E-state index in [9.17, 15) is 4.79 Å². The molecule has 2 aromatic heterocycles. The summed E-state index contributed by atoms with van der Waals surface area (Å²) in [5.41, 5.74) is 0. The van der Waals surface area contributed by atoms with Gasteiger partial charge in [0, 0.05) is 32.6 Å². The van der Waals surface area contributed by atoms with Crippen LogP contribution in [0.4, 0.5) is 5.88 Å². The summed E-state index contributed by atoms with van der Waals surface area (Å²) in [4.78, 5) is 16.7. The molecule has 2 aromatic rings. The van der Waals surface area contributed by atoms with Crippen molar-refractivity contribution in [2.45, 2.75) is 6.54 Å². The molecule has 17 heavy (non-hydrogen) atoms. The molecule has 0 fully saturated rings. The number of carboxylic acid groups (broad SMARTS) is 1. The third-order valence-electron chi connectivity index (χ3n) is 2.48. The summed E-state index contributed by atoms with van der Waals surface area (Å²) in [6.07, 6.45) is 3.57. The van der Waals surface area contributed by atoms with Crippen LogP contribution in [-0.2, 0) is 13.6 Å². The van der Waals surface area contributed by atoms with E-state index >= 15 is 0 Å². The lowest BCUT2D eigenvalue weighted by atomic mass is 10.4. The lowest BCUT2D eigenvalue weighted by Crippen LogP contribution is -2.18. The van der Waals surface area contributed by atoms with E-state index in [1.165, 1.54) is 6.07 Å². The van der Waals surface area contributed by atoms with Gasteiger partial charge in [0.1, 0.15) is 5.82 Å². The van der Waals surface area contributed by atoms with Gasteiger partial charge in [-0.15, -0.1) is 0 Å². The van der Waals surface area contributed by atoms with Crippen molar-refractivity contribution in [1.29, 1.82) is 0 Å². The maximum Gasteiger partial charge on any atom is 0.371 e. The Morgan fingerprint density at radius 1 is 1.59 bits per heavy atom. The molecule has 0 bridgehead atoms. The molecule has 0 aromatic carbocycles. The summed E-state index contributed by atoms with van der Waals surface area (Å²) >= 11 is 0. The number of carboxylic acids is 1. The number of rotatable bonds is 4. The number of nitrogens with zero attached hydrogens (tertiary/aromatic N) is 3. The highest BCUT2D eigenvalue weighted by atomic mass is 16.4. The Morgan fingerprint density at radius 2 is 2.35 bits per heavy atom. The van der Waals surface area contributed by atoms with Crippen molar-refractivity contribution in [1.82, 2.24) is 9.55 Å². The Labute approximate surface area is 98.1 Å². The topological polar surface area (TPSA) is 71.5 Å². The van der Waals surface area contributed by atoms with Gasteiger partial charge in [-0.05, 0) is 6.07 Å². The molecule has 0 saturated carbocycles. The van der Waals surface area contributed by atoms with E-state index in [0.29, 0.717) is 12.4 Å². The van der Waals surface area contributed by atoms with Crippen LogP contribution in [0.1, 0.15) is 16.4 Å². The Hall–Kier alpha value is -2.24. The molecule has 1 N–H and O–H groups in total. The number of imidazole rings is 1. The van der Waals surface area contributed by atoms with Gasteiger partial charge in [-0.2, -0.15) is 0 Å². The molecule has 0 spiro atoms. The summed E-state index contributed by atoms with van der Waals surface area (Å²) in [5.74, 6) is 0.250. The van der Waals surface area contributed by atoms with Crippen LogP contribution in [0, 0.1) is 0 Å². The van der Waals surface area contributed by atoms with Crippen molar-refractivity contribution in [3.8, 4) is 0 Å². The molecule has 6 heteroatoms. The minimum Gasteiger partial charge on any atom is -0.475 e. The van der Waals surface area contributed by atoms with Gasteiger partial charge in [0.25, 0.3) is 0 Å². The molecule has 90 valence electrons. The molecule has 6 nitrogen and oxygen atoms in total. The first kappa shape index (κ1) is 11.3. The molecule has 0 aliphatic carbocycles. The van der Waals surface area contributed by atoms with Gasteiger partial charge < -0.3 is 19.0 Å². The zero-order valence-electron chi connectivity index (χ0n) is 9.62. The lowest BCUT2D eigenvalue weighted by Gasteiger charge is -2.15. The first-order chi connectivity index (χ1) is 8.08. The van der Waals surface area contributed by atoms with Crippen molar-refractivity contribution in [3.63, 3.8) is 0 Å². The molecule has 0 atom stereocenters. The predicted molar refractivity (Wildman–Crippen MR) is 61.0 cm³/mol. The largest absolute Gasteiger partial charge is 0.475 e. The first-order valence-corrected chi connectivity index (χ1v) is 5.08. The number of carbonyl (C=O) groups is 1. The Bertz CT molecular complexity index is 530. The highest BCUT2D eigenvalue weighted by molar-refractivity contribution is 5.84. The highest BCUT2D eigenvalue weighted by Gasteiger charge is 2.13. The Kier molecular flexibility index (Phi) is 2.86. The minimum absolute atomic E-state index is 0.0632. The third-order valence-corrected chi connectivity index (χ3v) is 2.48. The maximum atomic E-state index is 10.7. The lowest BCUT2D eigenvalue weighted by molar-refractivity contribution is 0.0663. The van der Waals surface area contributed by atoms with E-state index < -0.39 is 5.97 Å². The average Bonchev–Trinajstić information content (AvgIpc) is 2.88. The van der Waals surface area contributed by atoms with Gasteiger partial charge in [-0.3, -0.25) is 0 Å². The van der Waals surface area contributed by atoms with Crippen LogP contribution < -0.4 is 4.90 Å². The number of furan rings is 1. The van der Waals surface area contributed by atoms with Crippen molar-refractivity contribution in [3.05, 3.63) is 36.1 Å². The number of anilines is 1. The molecule has 2 heterocycles. The Morgan fingerprint density at radius 3 is 2.88 bits per heavy atom. The molecule has 2 rings (SSSR count). The molecule has 0 radical (unpaired) electrons. The van der Waals surface area contributed by atoms with Gasteiger partial charge in [0.15, 0.2) is 5.88 Å². The van der Waals surface area contributed by atoms with E-state index in [-0.39, 0.29) is 5.76 Å². The fourth-order valence-corrected chi connectivity index (χ4v) is 1.49. The van der Waals surface area contributed by atoms with Gasteiger partial charge in [0.05, 0.1) is 6.54 Å². The van der Waals surface area contributed by atoms with Crippen LogP contribution in [0.25, 0.3) is 0 Å². The number of hydrogen-bond donors (Lipinski definition) is 1. The van der Waals surface area contributed by atoms with E-state index in [1.54, 1.807) is 17.2 Å². The second kappa shape index (κ2) is 4.32. The van der Waals surface area contributed by atoms with Crippen LogP contribution in [0.3, 0.4) is 0 Å². The fraction of sp³-hybridized carbons (Fsp3) is 0.273. The van der Waals surface area contributed by atoms with Crippen molar-refractivity contribution >= 4 is 11.9 Å². The zero-order valence-corrected chi connectivity index (χ0v) is 9.62. The average molecular weight is 235 g/mol. The zero-order chi connectivity index (χ0) is 12.4. The highest BCUT2D eigenvalue weighted by Crippen LogP contribution is 2.18. The number of aromatic nitrogens is 2. The molecule has 0 amide bonds. The number of aryl methyl sites for hydroxylation is 1. The number of aromatic carboxylic acids is 1. The van der Waals surface area contributed by atoms with E-state index in [2.05, 4.69) is 4.98 Å². The van der Waals surface area contributed by atoms with Gasteiger partial charge in [0.2, 0.25) is 5.76 Å². The summed E-state index contributed by atoms with van der Waals surface area (Å²) in [5, 5.41) is 8.75. The number of hydrogen-bond acceptors (Lipinski definition) is 4. The first-order valence-electron chi connectivity index (χ1n) is 5.08. The van der Waals surface area contributed by atoms with E-state index in [4.69, 9.17) is 9.52 Å². The van der Waals surface area contributed by atoms with Crippen molar-refractivity contribution < 1.29 is 14.3 Å². The molecule has 0 aliphatic heterocycles. The maximum absolute atomic E-state index is 10.7. The molecular formula is C11H13N3O3. The second-order valence-corrected chi connectivity index (χ2v) is 3.75. The minimum atomic E-state index is -1.07. The quantitative estimate of drug-likeness (QED) is 0.866. The predicted octanol–water partition coefficient (Wildman–Crippen LogP) is 1.35. The van der Waals surface area contributed by atoms with Crippen LogP contribution in [0.15, 0.2) is 28.9 Å². The van der Waals surface area contributed by atoms with Crippen LogP contribution in [0.5, 0.6) is 0 Å². The van der Waals surface area contributed by atoms with Gasteiger partial charge in [-0.1, -0.05) is 0 Å². The van der Waals surface area contributed by atoms with Crippen LogP contribution in [-0.4, -0.2) is 27.7 Å². The molecular weight excluding hydrogens is 222 g/mol. The summed E-state index contributed by atoms with van der Waals surface area (Å²) in [7, 11) is 3.72. The normalized spacial score (nSPS) is 10.5. The van der Waals surface area contributed by atoms with Crippen molar-refractivity contribution in [2.75, 3.05) is 11.9 Å². The molecule has 0 saturated heterocycles. The summed E-state index contributed by atoms with van der Waals surface area (Å²) in [6.45, 7) is 0.552. The van der Waals surface area contributed by atoms with Gasteiger partial charge in [-0.25, -0.2) is 9.78 Å². The fourth-order valence-electron chi connectivity index (χ4n) is 1.49. The Balaban J connectivity index is 2.12. The van der Waals surface area contributed by atoms with Crippen LogP contribution >= 0.6 is 0 Å². The molecule has 0 unspecified atom stereocenters. The molecule has 0 aliphatic rings. The summed E-state index contributed by atoms with van der Waals surface area (Å²) in [6, 6.07) is 3.07. The standard InChI is InChI=1S/C11H13N3O3/c1-13-6-5-12-9(13)7-14(2)10-4-3-8(17-10)11(15)16/h3-6H,7H2,1-2H3,(H,15,16). The van der Waals surface area contributed by atoms with E-state index in [1.807, 2.05) is 24.9 Å². The monoisotopic (exact) mass is 235 g/mol. The van der Waals surface area contributed by atoms with Crippen LogP contribution in [0.2, 0.25) is 0 Å². The summed E-state index contributed by atoms with van der Waals surface area (Å²) < 4.78 is 7.09. The van der Waals surface area contributed by atoms with Gasteiger partial charge >= 0.3 is 5.97 Å². The SMILES string of the molecule is CN(Cc1nccn1C)c1ccc(C(=O)O)o1. The third kappa shape index (κ3) is 2.30. The smallest absolute Gasteiger partial charge is 0.371 e. The van der Waals surface area contributed by atoms with E-state index in [0.717, 1.165) is 5.82 Å².